The molecule has 0 bridgehead atoms. The second kappa shape index (κ2) is 8.43. The molecule has 0 saturated carbocycles. The zero-order chi connectivity index (χ0) is 18.6. The van der Waals surface area contributed by atoms with E-state index in [4.69, 9.17) is 4.74 Å². The van der Waals surface area contributed by atoms with Crippen LogP contribution in [-0.2, 0) is 0 Å². The summed E-state index contributed by atoms with van der Waals surface area (Å²) in [5.41, 5.74) is 1.07. The molecule has 2 rings (SSSR count). The van der Waals surface area contributed by atoms with Crippen LogP contribution in [0.15, 0.2) is 22.7 Å². The summed E-state index contributed by atoms with van der Waals surface area (Å²) in [6.07, 6.45) is 3.21. The van der Waals surface area contributed by atoms with Crippen LogP contribution in [0.1, 0.15) is 52.0 Å². The maximum atomic E-state index is 11.6. The molecular weight excluding hydrogens is 382 g/mol. The van der Waals surface area contributed by atoms with Gasteiger partial charge in [-0.05, 0) is 56.1 Å². The molecule has 140 valence electrons. The van der Waals surface area contributed by atoms with Crippen LogP contribution in [0.3, 0.4) is 0 Å². The Hall–Kier alpha value is -1.23. The summed E-state index contributed by atoms with van der Waals surface area (Å²) in [7, 11) is 0. The highest BCUT2D eigenvalue weighted by molar-refractivity contribution is 9.10. The molecule has 0 aromatic heterocycles. The molecule has 0 aliphatic carbocycles. The SMILES string of the molecule is Cc1c(Br)cccc1OCCCC1CCCN(C(=O)O)[C@@H]1C(C)(C)C. The molecule has 0 radical (unpaired) electrons. The summed E-state index contributed by atoms with van der Waals surface area (Å²) < 4.78 is 7.00. The molecule has 1 saturated heterocycles. The first-order valence-corrected chi connectivity index (χ1v) is 9.88. The van der Waals surface area contributed by atoms with Crippen LogP contribution in [0, 0.1) is 18.3 Å². The van der Waals surface area contributed by atoms with Crippen molar-refractivity contribution < 1.29 is 14.6 Å². The molecule has 1 fully saturated rings. The van der Waals surface area contributed by atoms with Crippen molar-refractivity contribution in [3.8, 4) is 5.75 Å². The first kappa shape index (κ1) is 20.1. The number of halogens is 1. The quantitative estimate of drug-likeness (QED) is 0.629. The van der Waals surface area contributed by atoms with E-state index in [0.29, 0.717) is 19.1 Å². The summed E-state index contributed by atoms with van der Waals surface area (Å²) in [6, 6.07) is 6.06. The van der Waals surface area contributed by atoms with Gasteiger partial charge < -0.3 is 14.7 Å². The van der Waals surface area contributed by atoms with Crippen LogP contribution in [0.25, 0.3) is 0 Å². The molecule has 1 aromatic rings. The van der Waals surface area contributed by atoms with Crippen LogP contribution < -0.4 is 4.74 Å². The van der Waals surface area contributed by atoms with Gasteiger partial charge >= 0.3 is 6.09 Å². The van der Waals surface area contributed by atoms with Gasteiger partial charge in [-0.1, -0.05) is 42.8 Å². The lowest BCUT2D eigenvalue weighted by Crippen LogP contribution is -2.54. The van der Waals surface area contributed by atoms with Gasteiger partial charge in [-0.2, -0.15) is 0 Å². The van der Waals surface area contributed by atoms with Crippen LogP contribution in [-0.4, -0.2) is 35.3 Å². The smallest absolute Gasteiger partial charge is 0.407 e. The molecule has 5 heteroatoms. The van der Waals surface area contributed by atoms with Crippen LogP contribution in [0.4, 0.5) is 4.79 Å². The monoisotopic (exact) mass is 411 g/mol. The summed E-state index contributed by atoms with van der Waals surface area (Å²) >= 11 is 3.53. The van der Waals surface area contributed by atoms with Crippen LogP contribution in [0.5, 0.6) is 5.75 Å². The standard InChI is InChI=1S/C20H30BrNO3/c1-14-16(21)10-5-11-17(14)25-13-7-9-15-8-6-12-22(19(23)24)18(15)20(2,3)4/h5,10-11,15,18H,6-9,12-13H2,1-4H3,(H,23,24)/t15?,18-/m0/s1. The average molecular weight is 412 g/mol. The summed E-state index contributed by atoms with van der Waals surface area (Å²) in [4.78, 5) is 13.3. The third-order valence-corrected chi connectivity index (χ3v) is 5.94. The lowest BCUT2D eigenvalue weighted by Gasteiger charge is -2.47. The Labute approximate surface area is 159 Å². The first-order chi connectivity index (χ1) is 11.7. The summed E-state index contributed by atoms with van der Waals surface area (Å²) in [6.45, 7) is 9.80. The number of hydrogen-bond acceptors (Lipinski definition) is 2. The average Bonchev–Trinajstić information content (AvgIpc) is 2.54. The van der Waals surface area contributed by atoms with Gasteiger partial charge in [0.05, 0.1) is 6.61 Å². The van der Waals surface area contributed by atoms with Gasteiger partial charge in [0.15, 0.2) is 0 Å². The van der Waals surface area contributed by atoms with Crippen molar-refractivity contribution in [3.05, 3.63) is 28.2 Å². The van der Waals surface area contributed by atoms with E-state index in [-0.39, 0.29) is 11.5 Å². The topological polar surface area (TPSA) is 49.8 Å². The Bertz CT molecular complexity index is 597. The molecule has 1 heterocycles. The van der Waals surface area contributed by atoms with E-state index in [1.54, 1.807) is 4.90 Å². The number of piperidine rings is 1. The highest BCUT2D eigenvalue weighted by Crippen LogP contribution is 2.38. The maximum Gasteiger partial charge on any atom is 0.407 e. The van der Waals surface area contributed by atoms with Gasteiger partial charge in [0.25, 0.3) is 0 Å². The molecule has 0 spiro atoms. The molecule has 2 atom stereocenters. The van der Waals surface area contributed by atoms with Crippen molar-refractivity contribution in [2.24, 2.45) is 11.3 Å². The summed E-state index contributed by atoms with van der Waals surface area (Å²) in [5.74, 6) is 1.31. The van der Waals surface area contributed by atoms with Crippen molar-refractivity contribution in [1.29, 1.82) is 0 Å². The number of rotatable bonds is 5. The van der Waals surface area contributed by atoms with E-state index < -0.39 is 6.09 Å². The Morgan fingerprint density at radius 3 is 2.76 bits per heavy atom. The molecule has 1 aliphatic heterocycles. The fourth-order valence-electron chi connectivity index (χ4n) is 4.04. The molecule has 1 aliphatic rings. The number of ether oxygens (including phenoxy) is 1. The van der Waals surface area contributed by atoms with Gasteiger partial charge in [-0.25, -0.2) is 4.79 Å². The predicted octanol–water partition coefficient (Wildman–Crippen LogP) is 5.72. The molecule has 4 nitrogen and oxygen atoms in total. The molecule has 1 amide bonds. The number of nitrogens with zero attached hydrogens (tertiary/aromatic N) is 1. The van der Waals surface area contributed by atoms with Crippen molar-refractivity contribution in [3.63, 3.8) is 0 Å². The molecule has 1 unspecified atom stereocenters. The van der Waals surface area contributed by atoms with Gasteiger partial charge in [0.1, 0.15) is 5.75 Å². The second-order valence-electron chi connectivity index (χ2n) is 8.04. The predicted molar refractivity (Wildman–Crippen MR) is 104 cm³/mol. The van der Waals surface area contributed by atoms with Crippen molar-refractivity contribution in [2.45, 2.75) is 59.4 Å². The number of hydrogen-bond donors (Lipinski definition) is 1. The van der Waals surface area contributed by atoms with Crippen LogP contribution in [0.2, 0.25) is 0 Å². The maximum absolute atomic E-state index is 11.6. The fraction of sp³-hybridized carbons (Fsp3) is 0.650. The van der Waals surface area contributed by atoms with E-state index in [1.165, 1.54) is 0 Å². The lowest BCUT2D eigenvalue weighted by molar-refractivity contribution is 0.0185. The van der Waals surface area contributed by atoms with E-state index in [2.05, 4.69) is 36.7 Å². The van der Waals surface area contributed by atoms with E-state index in [0.717, 1.165) is 41.5 Å². The largest absolute Gasteiger partial charge is 0.493 e. The van der Waals surface area contributed by atoms with Crippen LogP contribution >= 0.6 is 15.9 Å². The van der Waals surface area contributed by atoms with Gasteiger partial charge in [0, 0.05) is 22.6 Å². The minimum atomic E-state index is -0.786. The van der Waals surface area contributed by atoms with Crippen molar-refractivity contribution in [1.82, 2.24) is 4.90 Å². The number of likely N-dealkylation sites (tertiary alicyclic amines) is 1. The Kier molecular flexibility index (Phi) is 6.78. The number of benzene rings is 1. The second-order valence-corrected chi connectivity index (χ2v) is 8.90. The zero-order valence-electron chi connectivity index (χ0n) is 15.7. The number of amides is 1. The first-order valence-electron chi connectivity index (χ1n) is 9.09. The van der Waals surface area contributed by atoms with Crippen molar-refractivity contribution >= 4 is 22.0 Å². The normalized spacial score (nSPS) is 21.2. The molecule has 1 N–H and O–H groups in total. The third kappa shape index (κ3) is 5.13. The van der Waals surface area contributed by atoms with E-state index in [9.17, 15) is 9.90 Å². The Morgan fingerprint density at radius 1 is 1.40 bits per heavy atom. The number of carboxylic acid groups (broad SMARTS) is 1. The minimum absolute atomic E-state index is 0.0504. The third-order valence-electron chi connectivity index (χ3n) is 5.08. The van der Waals surface area contributed by atoms with Gasteiger partial charge in [-0.3, -0.25) is 0 Å². The minimum Gasteiger partial charge on any atom is -0.493 e. The van der Waals surface area contributed by atoms with Gasteiger partial charge in [-0.15, -0.1) is 0 Å². The molecule has 25 heavy (non-hydrogen) atoms. The van der Waals surface area contributed by atoms with Crippen molar-refractivity contribution in [2.75, 3.05) is 13.2 Å². The van der Waals surface area contributed by atoms with E-state index >= 15 is 0 Å². The number of carbonyl (C=O) groups is 1. The summed E-state index contributed by atoms with van der Waals surface area (Å²) in [5, 5.41) is 9.56. The fourth-order valence-corrected chi connectivity index (χ4v) is 4.39. The Balaban J connectivity index is 1.94. The zero-order valence-corrected chi connectivity index (χ0v) is 17.3. The molecular formula is C20H30BrNO3. The highest BCUT2D eigenvalue weighted by Gasteiger charge is 2.41. The highest BCUT2D eigenvalue weighted by atomic mass is 79.9. The lowest BCUT2D eigenvalue weighted by atomic mass is 9.72. The Morgan fingerprint density at radius 2 is 2.12 bits per heavy atom. The van der Waals surface area contributed by atoms with Gasteiger partial charge in [0.2, 0.25) is 0 Å². The van der Waals surface area contributed by atoms with E-state index in [1.807, 2.05) is 25.1 Å². The molecule has 1 aromatic carbocycles.